The van der Waals surface area contributed by atoms with E-state index in [1.165, 1.54) is 64.2 Å². The number of rotatable bonds is 40. The molecule has 0 heterocycles. The van der Waals surface area contributed by atoms with E-state index in [4.69, 9.17) is 13.8 Å². The molecule has 0 saturated carbocycles. The number of carbonyl (C=O) groups excluding carboxylic acids is 2. The SMILES string of the molecule is CCCCC/C=C\C/C=C\C/C=C\CCCCCCCCC(=O)OCC(O)COP(=O)(O)OCCNC(=O)CCCCCCC/C=C\C/C=C\CCCCC. The van der Waals surface area contributed by atoms with Gasteiger partial charge in [-0.15, -0.1) is 0 Å². The lowest BCUT2D eigenvalue weighted by molar-refractivity contribution is -0.147. The van der Waals surface area contributed by atoms with E-state index in [1.54, 1.807) is 0 Å². The highest BCUT2D eigenvalue weighted by molar-refractivity contribution is 7.47. The Balaban J connectivity index is 3.65. The number of ether oxygens (including phenoxy) is 1. The Morgan fingerprint density at radius 3 is 1.47 bits per heavy atom. The fourth-order valence-electron chi connectivity index (χ4n) is 5.59. The molecule has 0 aromatic rings. The van der Waals surface area contributed by atoms with Crippen LogP contribution in [0.4, 0.5) is 0 Å². The maximum Gasteiger partial charge on any atom is 0.472 e. The summed E-state index contributed by atoms with van der Waals surface area (Å²) in [5.41, 5.74) is 0. The first-order valence-corrected chi connectivity index (χ1v) is 23.3. The molecule has 318 valence electrons. The Bertz CT molecular complexity index is 1090. The standard InChI is InChI=1S/C45H80NO8P/c1-3-5-7-9-11-13-15-17-19-20-21-22-24-26-28-30-32-34-36-38-45(49)52-41-43(47)42-54-55(50,51)53-40-39-46-44(48)37-35-33-31-29-27-25-23-18-16-14-12-10-8-6-4-2/h11-14,17-19,21-23,43,47H,3-10,15-16,20,24-42H2,1-2H3,(H,46,48)(H,50,51)/b13-11-,14-12-,19-17-,22-21-,23-18-. The normalized spacial score (nSPS) is 13.9. The predicted molar refractivity (Wildman–Crippen MR) is 229 cm³/mol. The number of aliphatic hydroxyl groups is 1. The van der Waals surface area contributed by atoms with Crippen molar-refractivity contribution >= 4 is 19.7 Å². The minimum atomic E-state index is -4.43. The number of amides is 1. The summed E-state index contributed by atoms with van der Waals surface area (Å²) >= 11 is 0. The summed E-state index contributed by atoms with van der Waals surface area (Å²) in [5.74, 6) is -0.546. The number of aliphatic hydroxyl groups excluding tert-OH is 1. The second-order valence-electron chi connectivity index (χ2n) is 14.3. The fourth-order valence-corrected chi connectivity index (χ4v) is 6.35. The largest absolute Gasteiger partial charge is 0.472 e. The van der Waals surface area contributed by atoms with Gasteiger partial charge in [0, 0.05) is 19.4 Å². The molecular formula is C45H80NO8P. The molecule has 0 fully saturated rings. The Morgan fingerprint density at radius 2 is 0.982 bits per heavy atom. The minimum Gasteiger partial charge on any atom is -0.463 e. The number of allylic oxidation sites excluding steroid dienone is 10. The van der Waals surface area contributed by atoms with Crippen LogP contribution in [0.1, 0.15) is 181 Å². The number of esters is 1. The van der Waals surface area contributed by atoms with Gasteiger partial charge in [0.15, 0.2) is 0 Å². The maximum atomic E-state index is 12.1. The summed E-state index contributed by atoms with van der Waals surface area (Å²) in [6.07, 6.45) is 48.6. The van der Waals surface area contributed by atoms with E-state index in [0.29, 0.717) is 6.42 Å². The van der Waals surface area contributed by atoms with Crippen molar-refractivity contribution < 1.29 is 37.9 Å². The van der Waals surface area contributed by atoms with Gasteiger partial charge >= 0.3 is 13.8 Å². The molecule has 0 rings (SSSR count). The van der Waals surface area contributed by atoms with Gasteiger partial charge in [0.1, 0.15) is 12.7 Å². The fraction of sp³-hybridized carbons (Fsp3) is 0.733. The van der Waals surface area contributed by atoms with Crippen LogP contribution in [0.5, 0.6) is 0 Å². The van der Waals surface area contributed by atoms with Crippen LogP contribution in [-0.4, -0.2) is 54.3 Å². The van der Waals surface area contributed by atoms with Crippen LogP contribution in [0.15, 0.2) is 60.8 Å². The molecule has 1 amide bonds. The monoisotopic (exact) mass is 794 g/mol. The van der Waals surface area contributed by atoms with Crippen molar-refractivity contribution in [3.63, 3.8) is 0 Å². The first-order valence-electron chi connectivity index (χ1n) is 21.8. The van der Waals surface area contributed by atoms with Crippen molar-refractivity contribution in [2.45, 2.75) is 187 Å². The van der Waals surface area contributed by atoms with Crippen molar-refractivity contribution in [2.24, 2.45) is 0 Å². The summed E-state index contributed by atoms with van der Waals surface area (Å²) in [7, 11) is -4.43. The van der Waals surface area contributed by atoms with Gasteiger partial charge in [-0.1, -0.05) is 145 Å². The van der Waals surface area contributed by atoms with Crippen LogP contribution in [-0.2, 0) is 27.9 Å². The Morgan fingerprint density at radius 1 is 0.564 bits per heavy atom. The van der Waals surface area contributed by atoms with E-state index < -0.39 is 26.5 Å². The van der Waals surface area contributed by atoms with Gasteiger partial charge in [0.2, 0.25) is 5.91 Å². The third kappa shape index (κ3) is 42.7. The first kappa shape index (κ1) is 52.7. The number of phosphoric ester groups is 1. The van der Waals surface area contributed by atoms with Gasteiger partial charge in [-0.2, -0.15) is 0 Å². The zero-order valence-corrected chi connectivity index (χ0v) is 35.7. The van der Waals surface area contributed by atoms with E-state index >= 15 is 0 Å². The number of carbonyl (C=O) groups is 2. The molecule has 0 saturated heterocycles. The van der Waals surface area contributed by atoms with Gasteiger partial charge < -0.3 is 20.1 Å². The zero-order chi connectivity index (χ0) is 40.3. The predicted octanol–water partition coefficient (Wildman–Crippen LogP) is 12.1. The number of hydrogen-bond acceptors (Lipinski definition) is 7. The topological polar surface area (TPSA) is 131 Å². The van der Waals surface area contributed by atoms with Crippen molar-refractivity contribution in [3.05, 3.63) is 60.8 Å². The minimum absolute atomic E-state index is 0.0699. The molecule has 0 radical (unpaired) electrons. The number of hydrogen-bond donors (Lipinski definition) is 3. The maximum absolute atomic E-state index is 12.1. The molecular weight excluding hydrogens is 713 g/mol. The van der Waals surface area contributed by atoms with E-state index in [9.17, 15) is 24.2 Å². The lowest BCUT2D eigenvalue weighted by Gasteiger charge is -2.15. The molecule has 0 aliphatic heterocycles. The number of unbranched alkanes of at least 4 members (excludes halogenated alkanes) is 17. The van der Waals surface area contributed by atoms with Crippen molar-refractivity contribution in [1.29, 1.82) is 0 Å². The summed E-state index contributed by atoms with van der Waals surface area (Å²) in [6, 6.07) is 0. The second-order valence-corrected chi connectivity index (χ2v) is 15.8. The number of nitrogens with one attached hydrogen (secondary N) is 1. The van der Waals surface area contributed by atoms with E-state index in [0.717, 1.165) is 89.9 Å². The zero-order valence-electron chi connectivity index (χ0n) is 34.9. The van der Waals surface area contributed by atoms with E-state index in [-0.39, 0.29) is 32.1 Å². The quantitative estimate of drug-likeness (QED) is 0.0242. The average molecular weight is 794 g/mol. The number of phosphoric acid groups is 1. The second kappa shape index (κ2) is 41.3. The Kier molecular flexibility index (Phi) is 39.6. The third-order valence-corrected chi connectivity index (χ3v) is 9.90. The highest BCUT2D eigenvalue weighted by Gasteiger charge is 2.23. The molecule has 3 N–H and O–H groups in total. The lowest BCUT2D eigenvalue weighted by Crippen LogP contribution is -2.27. The molecule has 2 atom stereocenters. The van der Waals surface area contributed by atoms with Crippen molar-refractivity contribution in [2.75, 3.05) is 26.4 Å². The molecule has 0 aromatic carbocycles. The van der Waals surface area contributed by atoms with Gasteiger partial charge in [-0.05, 0) is 83.5 Å². The molecule has 55 heavy (non-hydrogen) atoms. The van der Waals surface area contributed by atoms with Gasteiger partial charge in [-0.3, -0.25) is 18.6 Å². The molecule has 0 bridgehead atoms. The van der Waals surface area contributed by atoms with Crippen LogP contribution in [0.2, 0.25) is 0 Å². The highest BCUT2D eigenvalue weighted by Crippen LogP contribution is 2.42. The first-order chi connectivity index (χ1) is 26.8. The molecule has 0 aromatic heterocycles. The summed E-state index contributed by atoms with van der Waals surface area (Å²) < 4.78 is 26.9. The van der Waals surface area contributed by atoms with Gasteiger partial charge in [-0.25, -0.2) is 4.57 Å². The van der Waals surface area contributed by atoms with E-state index in [1.807, 2.05) is 0 Å². The molecule has 9 nitrogen and oxygen atoms in total. The van der Waals surface area contributed by atoms with Crippen LogP contribution >= 0.6 is 7.82 Å². The van der Waals surface area contributed by atoms with Crippen molar-refractivity contribution in [3.8, 4) is 0 Å². The van der Waals surface area contributed by atoms with Crippen LogP contribution in [0, 0.1) is 0 Å². The third-order valence-electron chi connectivity index (χ3n) is 8.92. The summed E-state index contributed by atoms with van der Waals surface area (Å²) in [6.45, 7) is 3.46. The average Bonchev–Trinajstić information content (AvgIpc) is 3.17. The van der Waals surface area contributed by atoms with Crippen molar-refractivity contribution in [1.82, 2.24) is 5.32 Å². The lowest BCUT2D eigenvalue weighted by atomic mass is 10.1. The molecule has 2 unspecified atom stereocenters. The van der Waals surface area contributed by atoms with Crippen LogP contribution in [0.3, 0.4) is 0 Å². The van der Waals surface area contributed by atoms with E-state index in [2.05, 4.69) is 79.9 Å². The van der Waals surface area contributed by atoms with Gasteiger partial charge in [0.05, 0.1) is 13.2 Å². The highest BCUT2D eigenvalue weighted by atomic mass is 31.2. The summed E-state index contributed by atoms with van der Waals surface area (Å²) in [4.78, 5) is 33.9. The molecule has 0 spiro atoms. The molecule has 0 aliphatic rings. The Hall–Kier alpha value is -2.29. The summed E-state index contributed by atoms with van der Waals surface area (Å²) in [5, 5.41) is 12.7. The smallest absolute Gasteiger partial charge is 0.463 e. The molecule has 10 heteroatoms. The Labute approximate surface area is 336 Å². The molecule has 0 aliphatic carbocycles. The van der Waals surface area contributed by atoms with Crippen LogP contribution in [0.25, 0.3) is 0 Å². The van der Waals surface area contributed by atoms with Crippen LogP contribution < -0.4 is 5.32 Å². The van der Waals surface area contributed by atoms with Gasteiger partial charge in [0.25, 0.3) is 0 Å².